The minimum Gasteiger partial charge on any atom is -0.454 e. The quantitative estimate of drug-likeness (QED) is 0.300. The molecule has 1 aliphatic heterocycles. The molecule has 2 aromatic carbocycles. The van der Waals surface area contributed by atoms with Gasteiger partial charge in [-0.3, -0.25) is 0 Å². The molecule has 0 saturated heterocycles. The first-order chi connectivity index (χ1) is 15.1. The Labute approximate surface area is 188 Å². The molecule has 0 atom stereocenters. The number of thiazole rings is 1. The average molecular weight is 494 g/mol. The zero-order valence-electron chi connectivity index (χ0n) is 15.7. The first-order valence-electron chi connectivity index (χ1n) is 9.07. The number of nitrogens with zero attached hydrogens (tertiary/aromatic N) is 2. The van der Waals surface area contributed by atoms with E-state index in [2.05, 4.69) is 32.3 Å². The Hall–Kier alpha value is -3.61. The molecule has 1 aliphatic rings. The summed E-state index contributed by atoms with van der Waals surface area (Å²) in [5.41, 5.74) is 1.90. The summed E-state index contributed by atoms with van der Waals surface area (Å²) in [6.07, 6.45) is 1.57. The van der Waals surface area contributed by atoms with Gasteiger partial charge in [0.2, 0.25) is 6.79 Å². The van der Waals surface area contributed by atoms with E-state index >= 15 is 0 Å². The summed E-state index contributed by atoms with van der Waals surface area (Å²) in [6, 6.07) is 14.7. The highest BCUT2D eigenvalue weighted by Gasteiger charge is 2.15. The van der Waals surface area contributed by atoms with Crippen molar-refractivity contribution in [2.45, 2.75) is 0 Å². The molecule has 4 aromatic rings. The van der Waals surface area contributed by atoms with E-state index < -0.39 is 5.63 Å². The predicted molar refractivity (Wildman–Crippen MR) is 121 cm³/mol. The number of fused-ring (bicyclic) bond motifs is 2. The molecule has 0 unspecified atom stereocenters. The minimum absolute atomic E-state index is 0.194. The van der Waals surface area contributed by atoms with Crippen LogP contribution in [0.5, 0.6) is 11.5 Å². The molecule has 5 rings (SSSR count). The lowest BCUT2D eigenvalue weighted by Crippen LogP contribution is -2.03. The highest BCUT2D eigenvalue weighted by atomic mass is 79.9. The fourth-order valence-electron chi connectivity index (χ4n) is 3.08. The van der Waals surface area contributed by atoms with Crippen molar-refractivity contribution < 1.29 is 13.9 Å². The fourth-order valence-corrected chi connectivity index (χ4v) is 4.24. The first-order valence-corrected chi connectivity index (χ1v) is 10.7. The Bertz CT molecular complexity index is 1450. The largest absolute Gasteiger partial charge is 0.454 e. The molecule has 0 saturated carbocycles. The first kappa shape index (κ1) is 19.4. The molecule has 0 radical (unpaired) electrons. The van der Waals surface area contributed by atoms with E-state index in [4.69, 9.17) is 13.9 Å². The fraction of sp³-hybridized carbons (Fsp3) is 0.0455. The molecular weight excluding hydrogens is 482 g/mol. The van der Waals surface area contributed by atoms with Crippen molar-refractivity contribution in [1.82, 2.24) is 4.98 Å². The Morgan fingerprint density at radius 2 is 2.06 bits per heavy atom. The molecule has 0 amide bonds. The van der Waals surface area contributed by atoms with Crippen LogP contribution in [0.3, 0.4) is 0 Å². The van der Waals surface area contributed by atoms with Crippen LogP contribution in [0, 0.1) is 11.3 Å². The van der Waals surface area contributed by atoms with E-state index in [1.165, 1.54) is 11.3 Å². The normalized spacial score (nSPS) is 12.7. The lowest BCUT2D eigenvalue weighted by molar-refractivity contribution is 0.174. The molecule has 152 valence electrons. The number of hydrogen-bond acceptors (Lipinski definition) is 8. The zero-order valence-corrected chi connectivity index (χ0v) is 18.1. The minimum atomic E-state index is -0.479. The van der Waals surface area contributed by atoms with Crippen LogP contribution >= 0.6 is 27.3 Å². The summed E-state index contributed by atoms with van der Waals surface area (Å²) >= 11 is 4.69. The molecule has 31 heavy (non-hydrogen) atoms. The number of allylic oxidation sites excluding steroid dienone is 1. The van der Waals surface area contributed by atoms with E-state index in [0.29, 0.717) is 38.9 Å². The van der Waals surface area contributed by atoms with Crippen LogP contribution in [0.2, 0.25) is 0 Å². The van der Waals surface area contributed by atoms with Crippen LogP contribution in [0.4, 0.5) is 5.69 Å². The van der Waals surface area contributed by atoms with Crippen LogP contribution in [-0.2, 0) is 0 Å². The molecule has 9 heteroatoms. The number of benzene rings is 2. The Morgan fingerprint density at radius 1 is 1.19 bits per heavy atom. The third-order valence-corrected chi connectivity index (χ3v) is 5.95. The number of anilines is 1. The monoisotopic (exact) mass is 493 g/mol. The topological polar surface area (TPSA) is 97.4 Å². The maximum Gasteiger partial charge on any atom is 0.345 e. The van der Waals surface area contributed by atoms with E-state index in [1.54, 1.807) is 35.8 Å². The van der Waals surface area contributed by atoms with Gasteiger partial charge in [-0.25, -0.2) is 9.78 Å². The van der Waals surface area contributed by atoms with E-state index in [0.717, 1.165) is 15.5 Å². The molecule has 1 N–H and O–H groups in total. The Balaban J connectivity index is 1.44. The lowest BCUT2D eigenvalue weighted by Gasteiger charge is -2.03. The number of rotatable bonds is 4. The summed E-state index contributed by atoms with van der Waals surface area (Å²) in [7, 11) is 0. The number of nitriles is 1. The van der Waals surface area contributed by atoms with Crippen LogP contribution in [0.1, 0.15) is 5.01 Å². The van der Waals surface area contributed by atoms with E-state index in [1.807, 2.05) is 18.2 Å². The summed E-state index contributed by atoms with van der Waals surface area (Å²) in [4.78, 5) is 16.9. The molecule has 2 aromatic heterocycles. The van der Waals surface area contributed by atoms with Crippen molar-refractivity contribution in [3.05, 3.63) is 73.9 Å². The molecule has 0 bridgehead atoms. The molecule has 0 fully saturated rings. The summed E-state index contributed by atoms with van der Waals surface area (Å²) in [5.74, 6) is 1.32. The van der Waals surface area contributed by atoms with Crippen molar-refractivity contribution >= 4 is 49.5 Å². The predicted octanol–water partition coefficient (Wildman–Crippen LogP) is 5.38. The van der Waals surface area contributed by atoms with Gasteiger partial charge in [0.1, 0.15) is 22.2 Å². The zero-order chi connectivity index (χ0) is 21.4. The lowest BCUT2D eigenvalue weighted by atomic mass is 10.1. The smallest absolute Gasteiger partial charge is 0.345 e. The molecular formula is C22H12BrN3O4S. The molecule has 0 aliphatic carbocycles. The highest BCUT2D eigenvalue weighted by Crippen LogP contribution is 2.34. The highest BCUT2D eigenvalue weighted by molar-refractivity contribution is 9.10. The molecule has 0 spiro atoms. The third-order valence-electron chi connectivity index (χ3n) is 4.58. The van der Waals surface area contributed by atoms with Gasteiger partial charge in [-0.05, 0) is 36.4 Å². The number of nitrogens with one attached hydrogen (secondary N) is 1. The van der Waals surface area contributed by atoms with Crippen molar-refractivity contribution in [3.63, 3.8) is 0 Å². The van der Waals surface area contributed by atoms with E-state index in [9.17, 15) is 10.1 Å². The van der Waals surface area contributed by atoms with Crippen molar-refractivity contribution in [3.8, 4) is 28.8 Å². The van der Waals surface area contributed by atoms with Gasteiger partial charge in [-0.15, -0.1) is 11.3 Å². The average Bonchev–Trinajstić information content (AvgIpc) is 3.43. The van der Waals surface area contributed by atoms with Crippen molar-refractivity contribution in [1.29, 1.82) is 5.26 Å². The number of hydrogen-bond donors (Lipinski definition) is 1. The molecule has 7 nitrogen and oxygen atoms in total. The summed E-state index contributed by atoms with van der Waals surface area (Å²) in [5, 5.41) is 15.7. The maximum atomic E-state index is 12.4. The van der Waals surface area contributed by atoms with Crippen LogP contribution in [0.15, 0.2) is 67.7 Å². The summed E-state index contributed by atoms with van der Waals surface area (Å²) in [6.45, 7) is 0.194. The van der Waals surface area contributed by atoms with Gasteiger partial charge < -0.3 is 19.2 Å². The van der Waals surface area contributed by atoms with Gasteiger partial charge in [-0.1, -0.05) is 15.9 Å². The van der Waals surface area contributed by atoms with Crippen molar-refractivity contribution in [2.24, 2.45) is 0 Å². The van der Waals surface area contributed by atoms with Gasteiger partial charge in [0.15, 0.2) is 11.5 Å². The van der Waals surface area contributed by atoms with Gasteiger partial charge in [0.05, 0.1) is 11.3 Å². The number of halogens is 1. The van der Waals surface area contributed by atoms with Gasteiger partial charge in [-0.2, -0.15) is 5.26 Å². The number of ether oxygens (including phenoxy) is 2. The van der Waals surface area contributed by atoms with Gasteiger partial charge in [0, 0.05) is 33.2 Å². The van der Waals surface area contributed by atoms with Crippen molar-refractivity contribution in [2.75, 3.05) is 12.1 Å². The van der Waals surface area contributed by atoms with Gasteiger partial charge >= 0.3 is 5.63 Å². The second-order valence-corrected chi connectivity index (χ2v) is 8.32. The SMILES string of the molecule is N#C/C(=C\Nc1ccc2c(c1)OCO2)c1nc(-c2cc3cc(Br)ccc3oc2=O)cs1. The third kappa shape index (κ3) is 3.79. The van der Waals surface area contributed by atoms with Crippen LogP contribution in [0.25, 0.3) is 27.8 Å². The standard InChI is InChI=1S/C22H12BrN3O4S/c23-14-1-3-18-12(5-14)6-16(22(27)30-18)17-10-31-21(26-17)13(8-24)9-25-15-2-4-19-20(7-15)29-11-28-19/h1-7,9-10,25H,11H2/b13-9+. The summed E-state index contributed by atoms with van der Waals surface area (Å²) < 4.78 is 16.9. The van der Waals surface area contributed by atoms with Crippen LogP contribution < -0.4 is 20.4 Å². The van der Waals surface area contributed by atoms with E-state index in [-0.39, 0.29) is 6.79 Å². The second kappa shape index (κ2) is 7.91. The Morgan fingerprint density at radius 3 is 2.94 bits per heavy atom. The Kier molecular flexibility index (Phi) is 4.94. The van der Waals surface area contributed by atoms with Crippen LogP contribution in [-0.4, -0.2) is 11.8 Å². The second-order valence-electron chi connectivity index (χ2n) is 6.55. The molecule has 3 heterocycles. The number of aromatic nitrogens is 1. The maximum absolute atomic E-state index is 12.4. The van der Waals surface area contributed by atoms with Gasteiger partial charge in [0.25, 0.3) is 0 Å².